The Morgan fingerprint density at radius 2 is 1.79 bits per heavy atom. The lowest BCUT2D eigenvalue weighted by molar-refractivity contribution is -0.383. The Kier molecular flexibility index (Phi) is 8.44. The summed E-state index contributed by atoms with van der Waals surface area (Å²) < 4.78 is 0.852. The first kappa shape index (κ1) is 23.1. The van der Waals surface area contributed by atoms with E-state index in [2.05, 4.69) is 59.2 Å². The number of benzene rings is 1. The van der Waals surface area contributed by atoms with Gasteiger partial charge in [0, 0.05) is 16.2 Å². The lowest BCUT2D eigenvalue weighted by Gasteiger charge is -2.20. The Labute approximate surface area is 181 Å². The summed E-state index contributed by atoms with van der Waals surface area (Å²) in [4.78, 5) is 16.0. The second kappa shape index (κ2) is 10.6. The minimum atomic E-state index is -0.359. The van der Waals surface area contributed by atoms with Crippen molar-refractivity contribution in [2.75, 3.05) is 10.6 Å². The van der Waals surface area contributed by atoms with Crippen LogP contribution in [0.15, 0.2) is 28.7 Å². The van der Waals surface area contributed by atoms with Crippen molar-refractivity contribution >= 4 is 38.8 Å². The first-order chi connectivity index (χ1) is 13.8. The molecule has 2 rings (SSSR count). The van der Waals surface area contributed by atoms with Gasteiger partial charge in [0.05, 0.1) is 10.6 Å². The van der Waals surface area contributed by atoms with Crippen LogP contribution in [0.2, 0.25) is 0 Å². The molecule has 6 nitrogen and oxygen atoms in total. The number of aryl methyl sites for hydroxylation is 1. The molecule has 0 spiro atoms. The van der Waals surface area contributed by atoms with E-state index in [0.29, 0.717) is 11.6 Å². The van der Waals surface area contributed by atoms with Crippen molar-refractivity contribution in [3.63, 3.8) is 0 Å². The molecule has 0 atom stereocenters. The van der Waals surface area contributed by atoms with Crippen molar-refractivity contribution in [1.82, 2.24) is 4.98 Å². The first-order valence-corrected chi connectivity index (χ1v) is 11.0. The highest BCUT2D eigenvalue weighted by molar-refractivity contribution is 9.10. The quantitative estimate of drug-likeness (QED) is 0.285. The van der Waals surface area contributed by atoms with Crippen LogP contribution in [-0.2, 0) is 0 Å². The van der Waals surface area contributed by atoms with Gasteiger partial charge in [0.25, 0.3) is 0 Å². The molecule has 2 aromatic rings. The number of hydrogen-bond donors (Lipinski definition) is 2. The van der Waals surface area contributed by atoms with Gasteiger partial charge >= 0.3 is 5.69 Å². The highest BCUT2D eigenvalue weighted by Crippen LogP contribution is 2.37. The third-order valence-electron chi connectivity index (χ3n) is 4.85. The molecular formula is C22H31BrN4O2. The van der Waals surface area contributed by atoms with E-state index in [0.717, 1.165) is 41.5 Å². The number of aromatic nitrogens is 1. The average Bonchev–Trinajstić information content (AvgIpc) is 2.63. The average molecular weight is 463 g/mol. The van der Waals surface area contributed by atoms with E-state index in [1.54, 1.807) is 6.07 Å². The number of nitrogens with one attached hydrogen (secondary N) is 2. The maximum absolute atomic E-state index is 11.9. The second-order valence-corrected chi connectivity index (χ2v) is 8.56. The zero-order valence-electron chi connectivity index (χ0n) is 17.9. The van der Waals surface area contributed by atoms with Gasteiger partial charge in [0.1, 0.15) is 5.69 Å². The largest absolute Gasteiger partial charge is 0.377 e. The van der Waals surface area contributed by atoms with Crippen molar-refractivity contribution in [1.29, 1.82) is 0 Å². The Balaban J connectivity index is 2.44. The van der Waals surface area contributed by atoms with Crippen molar-refractivity contribution in [2.45, 2.75) is 72.3 Å². The van der Waals surface area contributed by atoms with E-state index < -0.39 is 0 Å². The summed E-state index contributed by atoms with van der Waals surface area (Å²) in [6.45, 7) is 10.4. The molecule has 0 aliphatic carbocycles. The summed E-state index contributed by atoms with van der Waals surface area (Å²) in [7, 11) is 0. The summed E-state index contributed by atoms with van der Waals surface area (Å²) in [6.07, 6.45) is 3.99. The predicted molar refractivity (Wildman–Crippen MR) is 124 cm³/mol. The summed E-state index contributed by atoms with van der Waals surface area (Å²) in [5.41, 5.74) is 3.17. The minimum absolute atomic E-state index is 0.0207. The standard InChI is InChI=1S/C22H31BrN4O2/c1-6-8-17(9-7-2)25-20-12-15(5)24-22(21(20)27(28)29)26-19-11-10-16(14(3)4)13-18(19)23/h10-14,17H,6-9H2,1-5H3,(H2,24,25,26). The van der Waals surface area contributed by atoms with Crippen LogP contribution < -0.4 is 10.6 Å². The molecule has 0 saturated carbocycles. The fourth-order valence-corrected chi connectivity index (χ4v) is 3.87. The van der Waals surface area contributed by atoms with Gasteiger partial charge in [-0.25, -0.2) is 4.98 Å². The molecule has 0 aliphatic heterocycles. The number of nitro groups is 1. The van der Waals surface area contributed by atoms with Crippen LogP contribution in [0.25, 0.3) is 0 Å². The number of hydrogen-bond acceptors (Lipinski definition) is 5. The third-order valence-corrected chi connectivity index (χ3v) is 5.51. The lowest BCUT2D eigenvalue weighted by atomic mass is 10.0. The molecule has 1 heterocycles. The number of pyridine rings is 1. The fraction of sp³-hybridized carbons (Fsp3) is 0.500. The Hall–Kier alpha value is -2.15. The SMILES string of the molecule is CCCC(CCC)Nc1cc(C)nc(Nc2ccc(C(C)C)cc2Br)c1[N+](=O)[O-]. The van der Waals surface area contributed by atoms with Crippen LogP contribution in [0.5, 0.6) is 0 Å². The van der Waals surface area contributed by atoms with Crippen LogP contribution in [-0.4, -0.2) is 15.9 Å². The summed E-state index contributed by atoms with van der Waals surface area (Å²) in [6, 6.07) is 7.95. The zero-order valence-corrected chi connectivity index (χ0v) is 19.5. The number of rotatable bonds is 10. The molecule has 29 heavy (non-hydrogen) atoms. The maximum atomic E-state index is 11.9. The van der Waals surface area contributed by atoms with E-state index in [9.17, 15) is 10.1 Å². The first-order valence-electron chi connectivity index (χ1n) is 10.3. The van der Waals surface area contributed by atoms with Gasteiger partial charge in [0.15, 0.2) is 0 Å². The zero-order chi connectivity index (χ0) is 21.6. The second-order valence-electron chi connectivity index (χ2n) is 7.70. The summed E-state index contributed by atoms with van der Waals surface area (Å²) >= 11 is 3.58. The van der Waals surface area contributed by atoms with Crippen LogP contribution in [0, 0.1) is 17.0 Å². The molecule has 1 aromatic carbocycles. The Bertz CT molecular complexity index is 849. The normalized spacial score (nSPS) is 11.2. The van der Waals surface area contributed by atoms with E-state index >= 15 is 0 Å². The van der Waals surface area contributed by atoms with Gasteiger partial charge in [-0.05, 0) is 65.4 Å². The summed E-state index contributed by atoms with van der Waals surface area (Å²) in [5, 5.41) is 18.5. The molecular weight excluding hydrogens is 432 g/mol. The van der Waals surface area contributed by atoms with Gasteiger partial charge < -0.3 is 10.6 Å². The van der Waals surface area contributed by atoms with Gasteiger partial charge in [-0.2, -0.15) is 0 Å². The molecule has 2 N–H and O–H groups in total. The topological polar surface area (TPSA) is 80.1 Å². The molecule has 0 bridgehead atoms. The molecule has 0 aliphatic rings. The minimum Gasteiger partial charge on any atom is -0.377 e. The van der Waals surface area contributed by atoms with Gasteiger partial charge in [-0.1, -0.05) is 46.6 Å². The van der Waals surface area contributed by atoms with Crippen LogP contribution in [0.1, 0.15) is 70.6 Å². The molecule has 0 fully saturated rings. The lowest BCUT2D eigenvalue weighted by Crippen LogP contribution is -2.20. The molecule has 1 aromatic heterocycles. The van der Waals surface area contributed by atoms with Gasteiger partial charge in [-0.15, -0.1) is 0 Å². The van der Waals surface area contributed by atoms with Gasteiger partial charge in [-0.3, -0.25) is 10.1 Å². The predicted octanol–water partition coefficient (Wildman–Crippen LogP) is 7.31. The third kappa shape index (κ3) is 6.16. The molecule has 158 valence electrons. The van der Waals surface area contributed by atoms with Gasteiger partial charge in [0.2, 0.25) is 5.82 Å². The number of anilines is 3. The molecule has 0 saturated heterocycles. The number of nitrogens with zero attached hydrogens (tertiary/aromatic N) is 2. The van der Waals surface area contributed by atoms with Crippen LogP contribution >= 0.6 is 15.9 Å². The van der Waals surface area contributed by atoms with Crippen molar-refractivity contribution < 1.29 is 4.92 Å². The van der Waals surface area contributed by atoms with Crippen LogP contribution in [0.4, 0.5) is 22.9 Å². The van der Waals surface area contributed by atoms with Crippen molar-refractivity contribution in [3.05, 3.63) is 50.1 Å². The van der Waals surface area contributed by atoms with Crippen LogP contribution in [0.3, 0.4) is 0 Å². The van der Waals surface area contributed by atoms with E-state index in [4.69, 9.17) is 0 Å². The van der Waals surface area contributed by atoms with Crippen molar-refractivity contribution in [3.8, 4) is 0 Å². The van der Waals surface area contributed by atoms with E-state index in [1.807, 2.05) is 25.1 Å². The summed E-state index contributed by atoms with van der Waals surface area (Å²) in [5.74, 6) is 0.652. The Morgan fingerprint density at radius 3 is 2.31 bits per heavy atom. The van der Waals surface area contributed by atoms with E-state index in [-0.39, 0.29) is 22.5 Å². The Morgan fingerprint density at radius 1 is 1.14 bits per heavy atom. The van der Waals surface area contributed by atoms with Crippen molar-refractivity contribution in [2.24, 2.45) is 0 Å². The highest BCUT2D eigenvalue weighted by atomic mass is 79.9. The fourth-order valence-electron chi connectivity index (χ4n) is 3.37. The number of halogens is 1. The molecule has 0 unspecified atom stereocenters. The maximum Gasteiger partial charge on any atom is 0.334 e. The molecule has 7 heteroatoms. The monoisotopic (exact) mass is 462 g/mol. The highest BCUT2D eigenvalue weighted by Gasteiger charge is 2.25. The molecule has 0 amide bonds. The molecule has 0 radical (unpaired) electrons. The van der Waals surface area contributed by atoms with E-state index in [1.165, 1.54) is 5.56 Å². The smallest absolute Gasteiger partial charge is 0.334 e.